The summed E-state index contributed by atoms with van der Waals surface area (Å²) in [4.78, 5) is 8.45. The van der Waals surface area contributed by atoms with E-state index < -0.39 is 0 Å². The van der Waals surface area contributed by atoms with E-state index in [-0.39, 0.29) is 0 Å². The van der Waals surface area contributed by atoms with Crippen LogP contribution in [0.4, 0.5) is 0 Å². The van der Waals surface area contributed by atoms with E-state index in [0.29, 0.717) is 13.1 Å². The molecule has 7 nitrogen and oxygen atoms in total. The summed E-state index contributed by atoms with van der Waals surface area (Å²) in [5.74, 6) is 2.35. The highest BCUT2D eigenvalue weighted by molar-refractivity contribution is 5.79. The average Bonchev–Trinajstić information content (AvgIpc) is 3.24. The molecule has 7 heteroatoms. The maximum atomic E-state index is 5.17. The predicted octanol–water partition coefficient (Wildman–Crippen LogP) is 2.35. The summed E-state index contributed by atoms with van der Waals surface area (Å²) in [6.45, 7) is 1.34. The molecule has 0 fully saturated rings. The zero-order chi connectivity index (χ0) is 18.2. The van der Waals surface area contributed by atoms with Crippen LogP contribution in [0.25, 0.3) is 11.4 Å². The molecule has 0 radical (unpaired) electrons. The van der Waals surface area contributed by atoms with E-state index in [1.165, 1.54) is 6.33 Å². The lowest BCUT2D eigenvalue weighted by Gasteiger charge is -2.12. The van der Waals surface area contributed by atoms with Crippen molar-refractivity contribution in [2.75, 3.05) is 14.2 Å². The molecular weight excluding hydrogens is 328 g/mol. The summed E-state index contributed by atoms with van der Waals surface area (Å²) < 4.78 is 5.17. The van der Waals surface area contributed by atoms with Crippen molar-refractivity contribution >= 4 is 5.96 Å². The van der Waals surface area contributed by atoms with Crippen LogP contribution < -0.4 is 15.4 Å². The minimum Gasteiger partial charge on any atom is -0.497 e. The number of hydrogen-bond donors (Lipinski definition) is 3. The highest BCUT2D eigenvalue weighted by Crippen LogP contribution is 2.15. The van der Waals surface area contributed by atoms with Gasteiger partial charge in [-0.15, -0.1) is 0 Å². The summed E-state index contributed by atoms with van der Waals surface area (Å²) >= 11 is 0. The van der Waals surface area contributed by atoms with Crippen LogP contribution in [0, 0.1) is 0 Å². The zero-order valence-corrected chi connectivity index (χ0v) is 14.9. The van der Waals surface area contributed by atoms with Gasteiger partial charge in [0.05, 0.1) is 7.11 Å². The fourth-order valence-electron chi connectivity index (χ4n) is 2.51. The SMILES string of the molecule is CN=C(NCc1ccc(OC)cc1)NCc1cccc(-c2ncn[nH]2)c1. The summed E-state index contributed by atoms with van der Waals surface area (Å²) in [7, 11) is 3.42. The molecule has 0 aliphatic heterocycles. The Labute approximate surface area is 152 Å². The molecule has 0 saturated carbocycles. The molecule has 134 valence electrons. The van der Waals surface area contributed by atoms with Crippen LogP contribution in [0.15, 0.2) is 59.9 Å². The Morgan fingerprint density at radius 1 is 1.08 bits per heavy atom. The van der Waals surface area contributed by atoms with Crippen LogP contribution in [0.1, 0.15) is 11.1 Å². The smallest absolute Gasteiger partial charge is 0.191 e. The number of hydrogen-bond acceptors (Lipinski definition) is 4. The van der Waals surface area contributed by atoms with Crippen LogP contribution in [0.5, 0.6) is 5.75 Å². The predicted molar refractivity (Wildman–Crippen MR) is 102 cm³/mol. The first-order valence-corrected chi connectivity index (χ1v) is 8.30. The van der Waals surface area contributed by atoms with Gasteiger partial charge in [0, 0.05) is 25.7 Å². The lowest BCUT2D eigenvalue weighted by molar-refractivity contribution is 0.414. The molecule has 0 saturated heterocycles. The standard InChI is InChI=1S/C19H22N6O/c1-20-19(21-11-14-6-8-17(26-2)9-7-14)22-12-15-4-3-5-16(10-15)18-23-13-24-25-18/h3-10,13H,11-12H2,1-2H3,(H2,20,21,22)(H,23,24,25). The Hall–Kier alpha value is -3.35. The Morgan fingerprint density at radius 2 is 1.85 bits per heavy atom. The van der Waals surface area contributed by atoms with E-state index >= 15 is 0 Å². The fraction of sp³-hybridized carbons (Fsp3) is 0.211. The number of H-pyrrole nitrogens is 1. The van der Waals surface area contributed by atoms with Gasteiger partial charge in [0.1, 0.15) is 12.1 Å². The third kappa shape index (κ3) is 4.60. The normalized spacial score (nSPS) is 11.2. The highest BCUT2D eigenvalue weighted by Gasteiger charge is 2.03. The minimum atomic E-state index is 0.657. The number of rotatable bonds is 6. The van der Waals surface area contributed by atoms with Crippen molar-refractivity contribution in [1.29, 1.82) is 0 Å². The largest absolute Gasteiger partial charge is 0.497 e. The van der Waals surface area contributed by atoms with E-state index in [2.05, 4.69) is 42.9 Å². The van der Waals surface area contributed by atoms with Crippen molar-refractivity contribution in [3.63, 3.8) is 0 Å². The zero-order valence-electron chi connectivity index (χ0n) is 14.9. The van der Waals surface area contributed by atoms with E-state index in [4.69, 9.17) is 4.74 Å². The topological polar surface area (TPSA) is 87.2 Å². The Kier molecular flexibility index (Phi) is 5.82. The molecule has 0 aliphatic carbocycles. The number of methoxy groups -OCH3 is 1. The van der Waals surface area contributed by atoms with Crippen LogP contribution in [-0.4, -0.2) is 35.3 Å². The van der Waals surface area contributed by atoms with E-state index in [1.54, 1.807) is 14.2 Å². The highest BCUT2D eigenvalue weighted by atomic mass is 16.5. The van der Waals surface area contributed by atoms with E-state index in [0.717, 1.165) is 34.2 Å². The van der Waals surface area contributed by atoms with Gasteiger partial charge in [0.25, 0.3) is 0 Å². The second-order valence-electron chi connectivity index (χ2n) is 5.66. The first-order valence-electron chi connectivity index (χ1n) is 8.30. The second-order valence-corrected chi connectivity index (χ2v) is 5.66. The third-order valence-corrected chi connectivity index (χ3v) is 3.92. The molecule has 26 heavy (non-hydrogen) atoms. The van der Waals surface area contributed by atoms with E-state index in [1.807, 2.05) is 36.4 Å². The van der Waals surface area contributed by atoms with Crippen LogP contribution in [0.3, 0.4) is 0 Å². The molecule has 0 bridgehead atoms. The number of guanidine groups is 1. The molecule has 0 atom stereocenters. The number of ether oxygens (including phenoxy) is 1. The van der Waals surface area contributed by atoms with Gasteiger partial charge in [-0.3, -0.25) is 10.1 Å². The van der Waals surface area contributed by atoms with Crippen molar-refractivity contribution in [3.8, 4) is 17.1 Å². The van der Waals surface area contributed by atoms with Gasteiger partial charge in [0.2, 0.25) is 0 Å². The van der Waals surface area contributed by atoms with Crippen molar-refractivity contribution in [2.24, 2.45) is 4.99 Å². The lowest BCUT2D eigenvalue weighted by atomic mass is 10.1. The monoisotopic (exact) mass is 350 g/mol. The Morgan fingerprint density at radius 3 is 2.50 bits per heavy atom. The molecule has 3 N–H and O–H groups in total. The van der Waals surface area contributed by atoms with Gasteiger partial charge in [-0.05, 0) is 29.3 Å². The maximum Gasteiger partial charge on any atom is 0.191 e. The summed E-state index contributed by atoms with van der Waals surface area (Å²) in [5, 5.41) is 13.4. The number of aromatic amines is 1. The molecule has 1 heterocycles. The second kappa shape index (κ2) is 8.66. The molecule has 3 rings (SSSR count). The van der Waals surface area contributed by atoms with Crippen molar-refractivity contribution < 1.29 is 4.74 Å². The molecule has 0 aliphatic rings. The molecule has 0 unspecified atom stereocenters. The van der Waals surface area contributed by atoms with Crippen LogP contribution in [0.2, 0.25) is 0 Å². The summed E-state index contributed by atoms with van der Waals surface area (Å²) in [6.07, 6.45) is 1.51. The summed E-state index contributed by atoms with van der Waals surface area (Å²) in [5.41, 5.74) is 3.29. The third-order valence-electron chi connectivity index (χ3n) is 3.92. The fourth-order valence-corrected chi connectivity index (χ4v) is 2.51. The average molecular weight is 350 g/mol. The Bertz CT molecular complexity index is 843. The van der Waals surface area contributed by atoms with Gasteiger partial charge in [-0.25, -0.2) is 4.98 Å². The number of nitrogens with one attached hydrogen (secondary N) is 3. The number of aromatic nitrogens is 3. The maximum absolute atomic E-state index is 5.17. The van der Waals surface area contributed by atoms with Crippen LogP contribution >= 0.6 is 0 Å². The molecule has 0 amide bonds. The van der Waals surface area contributed by atoms with Gasteiger partial charge < -0.3 is 15.4 Å². The lowest BCUT2D eigenvalue weighted by Crippen LogP contribution is -2.36. The van der Waals surface area contributed by atoms with Crippen molar-refractivity contribution in [3.05, 3.63) is 66.0 Å². The van der Waals surface area contributed by atoms with Gasteiger partial charge >= 0.3 is 0 Å². The van der Waals surface area contributed by atoms with Gasteiger partial charge in [-0.1, -0.05) is 30.3 Å². The minimum absolute atomic E-state index is 0.657. The molecule has 3 aromatic rings. The molecule has 0 spiro atoms. The first kappa shape index (κ1) is 17.5. The Balaban J connectivity index is 1.54. The van der Waals surface area contributed by atoms with Crippen molar-refractivity contribution in [2.45, 2.75) is 13.1 Å². The number of benzene rings is 2. The number of nitrogens with zero attached hydrogens (tertiary/aromatic N) is 3. The summed E-state index contributed by atoms with van der Waals surface area (Å²) in [6, 6.07) is 16.1. The molecule has 1 aromatic heterocycles. The molecule has 2 aromatic carbocycles. The van der Waals surface area contributed by atoms with Gasteiger partial charge in [0.15, 0.2) is 11.8 Å². The van der Waals surface area contributed by atoms with Crippen LogP contribution in [-0.2, 0) is 13.1 Å². The van der Waals surface area contributed by atoms with Gasteiger partial charge in [-0.2, -0.15) is 5.10 Å². The first-order chi connectivity index (χ1) is 12.8. The number of aliphatic imine (C=N–C) groups is 1. The molecular formula is C19H22N6O. The quantitative estimate of drug-likeness (QED) is 0.469. The van der Waals surface area contributed by atoms with E-state index in [9.17, 15) is 0 Å². The van der Waals surface area contributed by atoms with Crippen molar-refractivity contribution in [1.82, 2.24) is 25.8 Å².